The van der Waals surface area contributed by atoms with E-state index in [4.69, 9.17) is 4.74 Å². The third-order valence-corrected chi connectivity index (χ3v) is 1.96. The molecule has 1 unspecified atom stereocenters. The quantitative estimate of drug-likeness (QED) is 0.697. The van der Waals surface area contributed by atoms with E-state index < -0.39 is 0 Å². The smallest absolute Gasteiger partial charge is 0.409 e. The standard InChI is InChI=1S/C9H17NO3/c1-7(2)6-13-9(12)10-4-3-8(11)5-10/h7-8,11H,3-6H2,1-2H3. The first-order chi connectivity index (χ1) is 6.09. The lowest BCUT2D eigenvalue weighted by Crippen LogP contribution is -2.31. The predicted octanol–water partition coefficient (Wildman–Crippen LogP) is 0.846. The summed E-state index contributed by atoms with van der Waals surface area (Å²) >= 11 is 0. The van der Waals surface area contributed by atoms with Crippen molar-refractivity contribution in [3.8, 4) is 0 Å². The van der Waals surface area contributed by atoms with Crippen LogP contribution in [0.2, 0.25) is 0 Å². The minimum Gasteiger partial charge on any atom is -0.449 e. The van der Waals surface area contributed by atoms with Gasteiger partial charge in [0.15, 0.2) is 0 Å². The zero-order valence-electron chi connectivity index (χ0n) is 8.19. The van der Waals surface area contributed by atoms with Crippen LogP contribution in [0.3, 0.4) is 0 Å². The van der Waals surface area contributed by atoms with Gasteiger partial charge in [-0.3, -0.25) is 0 Å². The van der Waals surface area contributed by atoms with Crippen molar-refractivity contribution in [2.75, 3.05) is 19.7 Å². The van der Waals surface area contributed by atoms with Gasteiger partial charge < -0.3 is 14.7 Å². The fourth-order valence-electron chi connectivity index (χ4n) is 1.24. The van der Waals surface area contributed by atoms with Gasteiger partial charge in [0, 0.05) is 13.1 Å². The number of likely N-dealkylation sites (tertiary alicyclic amines) is 1. The van der Waals surface area contributed by atoms with Crippen LogP contribution in [-0.2, 0) is 4.74 Å². The van der Waals surface area contributed by atoms with Gasteiger partial charge in [-0.25, -0.2) is 4.79 Å². The van der Waals surface area contributed by atoms with Crippen molar-refractivity contribution in [1.82, 2.24) is 4.90 Å². The Labute approximate surface area is 78.5 Å². The number of rotatable bonds is 2. The maximum Gasteiger partial charge on any atom is 0.409 e. The van der Waals surface area contributed by atoms with E-state index in [2.05, 4.69) is 0 Å². The Kier molecular flexibility index (Phi) is 3.54. The zero-order chi connectivity index (χ0) is 9.84. The summed E-state index contributed by atoms with van der Waals surface area (Å²) in [6.07, 6.45) is -0.00611. The molecule has 1 saturated heterocycles. The van der Waals surface area contributed by atoms with Gasteiger partial charge in [0.25, 0.3) is 0 Å². The fraction of sp³-hybridized carbons (Fsp3) is 0.889. The highest BCUT2D eigenvalue weighted by Crippen LogP contribution is 2.10. The third-order valence-electron chi connectivity index (χ3n) is 1.96. The number of hydrogen-bond donors (Lipinski definition) is 1. The van der Waals surface area contributed by atoms with Gasteiger partial charge in [-0.15, -0.1) is 0 Å². The molecule has 1 fully saturated rings. The van der Waals surface area contributed by atoms with Gasteiger partial charge in [0.1, 0.15) is 0 Å². The van der Waals surface area contributed by atoms with Crippen LogP contribution < -0.4 is 0 Å². The third kappa shape index (κ3) is 3.22. The molecule has 0 aromatic carbocycles. The van der Waals surface area contributed by atoms with Gasteiger partial charge in [-0.05, 0) is 12.3 Å². The number of hydrogen-bond acceptors (Lipinski definition) is 3. The highest BCUT2D eigenvalue weighted by Gasteiger charge is 2.25. The molecule has 76 valence electrons. The van der Waals surface area contributed by atoms with Crippen molar-refractivity contribution in [3.05, 3.63) is 0 Å². The van der Waals surface area contributed by atoms with Crippen molar-refractivity contribution in [2.45, 2.75) is 26.4 Å². The number of ether oxygens (including phenoxy) is 1. The Morgan fingerprint density at radius 1 is 1.69 bits per heavy atom. The summed E-state index contributed by atoms with van der Waals surface area (Å²) < 4.78 is 5.01. The summed E-state index contributed by atoms with van der Waals surface area (Å²) in [5, 5.41) is 9.18. The van der Waals surface area contributed by atoms with Crippen LogP contribution in [0, 0.1) is 5.92 Å². The molecule has 0 bridgehead atoms. The molecule has 4 heteroatoms. The van der Waals surface area contributed by atoms with Crippen molar-refractivity contribution in [1.29, 1.82) is 0 Å². The first kappa shape index (κ1) is 10.3. The van der Waals surface area contributed by atoms with Crippen molar-refractivity contribution < 1.29 is 14.6 Å². The largest absolute Gasteiger partial charge is 0.449 e. The molecule has 1 atom stereocenters. The Morgan fingerprint density at radius 2 is 2.38 bits per heavy atom. The molecule has 4 nitrogen and oxygen atoms in total. The lowest BCUT2D eigenvalue weighted by atomic mass is 10.2. The van der Waals surface area contributed by atoms with E-state index in [0.717, 1.165) is 0 Å². The first-order valence-corrected chi connectivity index (χ1v) is 4.69. The van der Waals surface area contributed by atoms with Gasteiger partial charge in [-0.1, -0.05) is 13.8 Å². The van der Waals surface area contributed by atoms with E-state index >= 15 is 0 Å². The predicted molar refractivity (Wildman–Crippen MR) is 48.4 cm³/mol. The summed E-state index contributed by atoms with van der Waals surface area (Å²) in [6, 6.07) is 0. The molecular formula is C9H17NO3. The van der Waals surface area contributed by atoms with Crippen LogP contribution >= 0.6 is 0 Å². The number of β-amino-alcohol motifs (C(OH)–C–C–N with tert-alkyl or cyclic N) is 1. The normalized spacial score (nSPS) is 22.5. The summed E-state index contributed by atoms with van der Waals surface area (Å²) in [7, 11) is 0. The second kappa shape index (κ2) is 4.46. The molecule has 1 aliphatic rings. The Hall–Kier alpha value is -0.770. The molecule has 0 aromatic rings. The SMILES string of the molecule is CC(C)COC(=O)N1CCC(O)C1. The number of carbonyl (C=O) groups excluding carboxylic acids is 1. The summed E-state index contributed by atoms with van der Waals surface area (Å²) in [4.78, 5) is 12.8. The molecule has 0 radical (unpaired) electrons. The van der Waals surface area contributed by atoms with Crippen LogP contribution in [0.4, 0.5) is 4.79 Å². The maximum absolute atomic E-state index is 11.3. The van der Waals surface area contributed by atoms with Crippen LogP contribution in [0.1, 0.15) is 20.3 Å². The van der Waals surface area contributed by atoms with Gasteiger partial charge in [0.2, 0.25) is 0 Å². The summed E-state index contributed by atoms with van der Waals surface area (Å²) in [5.74, 6) is 0.358. The average Bonchev–Trinajstić information content (AvgIpc) is 2.47. The lowest BCUT2D eigenvalue weighted by molar-refractivity contribution is 0.0932. The zero-order valence-corrected chi connectivity index (χ0v) is 8.19. The second-order valence-corrected chi connectivity index (χ2v) is 3.86. The number of carbonyl (C=O) groups is 1. The molecule has 1 rings (SSSR count). The Morgan fingerprint density at radius 3 is 2.85 bits per heavy atom. The summed E-state index contributed by atoms with van der Waals surface area (Å²) in [5.41, 5.74) is 0. The Balaban J connectivity index is 2.24. The molecule has 1 N–H and O–H groups in total. The molecule has 0 saturated carbocycles. The summed E-state index contributed by atoms with van der Waals surface area (Å²) in [6.45, 7) is 5.46. The highest BCUT2D eigenvalue weighted by atomic mass is 16.6. The fourth-order valence-corrected chi connectivity index (χ4v) is 1.24. The topological polar surface area (TPSA) is 49.8 Å². The molecule has 13 heavy (non-hydrogen) atoms. The van der Waals surface area contributed by atoms with Crippen LogP contribution in [0.5, 0.6) is 0 Å². The monoisotopic (exact) mass is 187 g/mol. The van der Waals surface area contributed by atoms with Crippen molar-refractivity contribution in [2.24, 2.45) is 5.92 Å². The van der Waals surface area contributed by atoms with E-state index in [0.29, 0.717) is 32.0 Å². The number of aliphatic hydroxyl groups is 1. The van der Waals surface area contributed by atoms with Crippen LogP contribution in [0.15, 0.2) is 0 Å². The van der Waals surface area contributed by atoms with Crippen LogP contribution in [-0.4, -0.2) is 41.9 Å². The van der Waals surface area contributed by atoms with E-state index in [1.54, 1.807) is 4.90 Å². The molecule has 0 aliphatic carbocycles. The van der Waals surface area contributed by atoms with E-state index in [1.165, 1.54) is 0 Å². The minimum absolute atomic E-state index is 0.301. The van der Waals surface area contributed by atoms with E-state index in [-0.39, 0.29) is 12.2 Å². The van der Waals surface area contributed by atoms with Crippen molar-refractivity contribution in [3.63, 3.8) is 0 Å². The van der Waals surface area contributed by atoms with Gasteiger partial charge >= 0.3 is 6.09 Å². The van der Waals surface area contributed by atoms with Gasteiger partial charge in [0.05, 0.1) is 12.7 Å². The molecule has 1 amide bonds. The lowest BCUT2D eigenvalue weighted by Gasteiger charge is -2.16. The van der Waals surface area contributed by atoms with Crippen molar-refractivity contribution >= 4 is 6.09 Å². The molecule has 0 aromatic heterocycles. The van der Waals surface area contributed by atoms with Gasteiger partial charge in [-0.2, -0.15) is 0 Å². The van der Waals surface area contributed by atoms with E-state index in [9.17, 15) is 9.90 Å². The van der Waals surface area contributed by atoms with E-state index in [1.807, 2.05) is 13.8 Å². The second-order valence-electron chi connectivity index (χ2n) is 3.86. The van der Waals surface area contributed by atoms with Crippen LogP contribution in [0.25, 0.3) is 0 Å². The molecule has 1 heterocycles. The average molecular weight is 187 g/mol. The number of aliphatic hydroxyl groups excluding tert-OH is 1. The molecular weight excluding hydrogens is 170 g/mol. The number of nitrogens with zero attached hydrogens (tertiary/aromatic N) is 1. The molecule has 0 spiro atoms. The first-order valence-electron chi connectivity index (χ1n) is 4.69. The highest BCUT2D eigenvalue weighted by molar-refractivity contribution is 5.68. The number of amides is 1. The maximum atomic E-state index is 11.3. The Bertz CT molecular complexity index is 182. The molecule has 1 aliphatic heterocycles. The minimum atomic E-state index is -0.369.